The van der Waals surface area contributed by atoms with E-state index in [1.807, 2.05) is 91.0 Å². The molecule has 1 fully saturated rings. The van der Waals surface area contributed by atoms with Gasteiger partial charge in [0, 0.05) is 30.2 Å². The second-order valence-electron chi connectivity index (χ2n) is 15.8. The molecule has 0 amide bonds. The van der Waals surface area contributed by atoms with Crippen molar-refractivity contribution in [1.29, 1.82) is 0 Å². The van der Waals surface area contributed by atoms with Crippen molar-refractivity contribution in [3.8, 4) is 5.75 Å². The molecule has 5 aromatic rings. The zero-order chi connectivity index (χ0) is 40.9. The topological polar surface area (TPSA) is 106 Å². The van der Waals surface area contributed by atoms with Crippen LogP contribution in [-0.4, -0.2) is 59.4 Å². The molecule has 0 radical (unpaired) electrons. The predicted octanol–water partition coefficient (Wildman–Crippen LogP) is 7.56. The lowest BCUT2D eigenvalue weighted by Gasteiger charge is -2.46. The summed E-state index contributed by atoms with van der Waals surface area (Å²) in [5, 5.41) is 3.71. The minimum absolute atomic E-state index is 0.136. The molecule has 3 atom stereocenters. The third-order valence-electron chi connectivity index (χ3n) is 11.3. The summed E-state index contributed by atoms with van der Waals surface area (Å²) in [4.78, 5) is 34.8. The number of hydrogen-bond acceptors (Lipinski definition) is 10. The van der Waals surface area contributed by atoms with Gasteiger partial charge in [-0.15, -0.1) is 0 Å². The SMILES string of the molecule is COC(=O)/C=C1\c2c(CO[Si](c3ccccc3)(c3ccccc3)C(C)(C)C)coc2[C@H]2N(Cc3ccc(OC)cc3)O[C@@H](COCc3ccccc3)C[C@@]12C(=O)OC. The van der Waals surface area contributed by atoms with Gasteiger partial charge >= 0.3 is 11.9 Å². The molecule has 7 rings (SSSR count). The maximum atomic E-state index is 14.6. The first kappa shape index (κ1) is 40.9. The van der Waals surface area contributed by atoms with Crippen LogP contribution in [0.2, 0.25) is 5.04 Å². The van der Waals surface area contributed by atoms with E-state index in [4.69, 9.17) is 32.6 Å². The number of methoxy groups -OCH3 is 3. The van der Waals surface area contributed by atoms with E-state index in [1.54, 1.807) is 18.4 Å². The smallest absolute Gasteiger partial charge is 0.330 e. The average molecular weight is 802 g/mol. The van der Waals surface area contributed by atoms with E-state index in [-0.39, 0.29) is 31.2 Å². The minimum atomic E-state index is -3.02. The van der Waals surface area contributed by atoms with Crippen LogP contribution in [0.15, 0.2) is 132 Å². The second-order valence-corrected chi connectivity index (χ2v) is 20.1. The molecular weight excluding hydrogens is 751 g/mol. The van der Waals surface area contributed by atoms with Crippen LogP contribution >= 0.6 is 0 Å². The Morgan fingerprint density at radius 3 is 2.00 bits per heavy atom. The van der Waals surface area contributed by atoms with E-state index in [2.05, 4.69) is 45.0 Å². The largest absolute Gasteiger partial charge is 0.497 e. The second kappa shape index (κ2) is 17.3. The van der Waals surface area contributed by atoms with Crippen LogP contribution in [0, 0.1) is 5.41 Å². The first-order chi connectivity index (χ1) is 28.0. The number of benzene rings is 4. The highest BCUT2D eigenvalue weighted by molar-refractivity contribution is 6.99. The van der Waals surface area contributed by atoms with Crippen LogP contribution in [-0.2, 0) is 52.8 Å². The van der Waals surface area contributed by atoms with Gasteiger partial charge in [-0.1, -0.05) is 124 Å². The zero-order valence-electron chi connectivity index (χ0n) is 33.9. The van der Waals surface area contributed by atoms with Crippen molar-refractivity contribution in [3.63, 3.8) is 0 Å². The van der Waals surface area contributed by atoms with E-state index in [1.165, 1.54) is 20.3 Å². The normalized spacial score (nSPS) is 20.0. The molecular formula is C47H51NO9Si. The van der Waals surface area contributed by atoms with Gasteiger partial charge in [0.2, 0.25) is 0 Å². The summed E-state index contributed by atoms with van der Waals surface area (Å²) in [7, 11) is 1.28. The number of rotatable bonds is 14. The van der Waals surface area contributed by atoms with Gasteiger partial charge in [0.15, 0.2) is 0 Å². The van der Waals surface area contributed by atoms with Crippen molar-refractivity contribution in [3.05, 3.63) is 156 Å². The molecule has 0 N–H and O–H groups in total. The van der Waals surface area contributed by atoms with Crippen molar-refractivity contribution in [2.24, 2.45) is 5.41 Å². The Balaban J connectivity index is 1.35. The van der Waals surface area contributed by atoms with Gasteiger partial charge in [-0.05, 0) is 44.2 Å². The first-order valence-corrected chi connectivity index (χ1v) is 21.4. The lowest BCUT2D eigenvalue weighted by atomic mass is 9.71. The lowest BCUT2D eigenvalue weighted by Crippen LogP contribution is -2.66. The van der Waals surface area contributed by atoms with Crippen molar-refractivity contribution in [2.75, 3.05) is 27.9 Å². The standard InChI is InChI=1S/C47H51NO9Si/c1-46(2,3)58(38-18-12-8-13-19-38,39-20-14-9-15-21-39)56-31-35-30-55-43-42(35)40(26-41(49)52-5)47(45(50)53-6)27-37(32-54-29-34-16-10-7-11-17-34)57-48(44(43)47)28-33-22-24-36(51-4)25-23-33/h7-26,30,37,44H,27-29,31-32H2,1-6H3/b40-26+/t37-,44-,47-/m1/s1. The third kappa shape index (κ3) is 7.68. The number of hydroxylamine groups is 2. The molecule has 1 aromatic heterocycles. The highest BCUT2D eigenvalue weighted by Gasteiger charge is 2.65. The number of carbonyl (C=O) groups excluding carboxylic acids is 2. The highest BCUT2D eigenvalue weighted by atomic mass is 28.4. The number of ether oxygens (including phenoxy) is 4. The Bertz CT molecular complexity index is 2160. The molecule has 302 valence electrons. The summed E-state index contributed by atoms with van der Waals surface area (Å²) in [5.41, 5.74) is 2.18. The number of furan rings is 1. The number of carbonyl (C=O) groups is 2. The van der Waals surface area contributed by atoms with Gasteiger partial charge in [-0.2, -0.15) is 5.06 Å². The molecule has 11 heteroatoms. The van der Waals surface area contributed by atoms with E-state index >= 15 is 0 Å². The molecule has 58 heavy (non-hydrogen) atoms. The molecule has 0 spiro atoms. The van der Waals surface area contributed by atoms with Gasteiger partial charge in [0.05, 0.1) is 47.4 Å². The number of esters is 2. The fourth-order valence-corrected chi connectivity index (χ4v) is 13.2. The van der Waals surface area contributed by atoms with E-state index in [9.17, 15) is 9.59 Å². The summed E-state index contributed by atoms with van der Waals surface area (Å²) in [6, 6.07) is 37.5. The molecule has 0 bridgehead atoms. The van der Waals surface area contributed by atoms with Crippen molar-refractivity contribution in [2.45, 2.75) is 64.1 Å². The summed E-state index contributed by atoms with van der Waals surface area (Å²) in [6.45, 7) is 7.57. The van der Waals surface area contributed by atoms with Crippen LogP contribution in [0.5, 0.6) is 5.75 Å². The maximum absolute atomic E-state index is 14.6. The van der Waals surface area contributed by atoms with Crippen molar-refractivity contribution < 1.29 is 42.2 Å². The molecule has 1 saturated heterocycles. The van der Waals surface area contributed by atoms with Gasteiger partial charge in [-0.25, -0.2) is 4.79 Å². The van der Waals surface area contributed by atoms with Crippen LogP contribution in [0.25, 0.3) is 5.57 Å². The van der Waals surface area contributed by atoms with Crippen LogP contribution < -0.4 is 15.1 Å². The number of nitrogens with zero attached hydrogens (tertiary/aromatic N) is 1. The van der Waals surface area contributed by atoms with Gasteiger partial charge in [0.25, 0.3) is 8.32 Å². The van der Waals surface area contributed by atoms with E-state index in [0.29, 0.717) is 34.8 Å². The fraction of sp³-hybridized carbons (Fsp3) is 0.319. The molecule has 2 aliphatic rings. The first-order valence-electron chi connectivity index (χ1n) is 19.5. The number of hydrogen-bond donors (Lipinski definition) is 0. The van der Waals surface area contributed by atoms with E-state index < -0.39 is 37.8 Å². The Morgan fingerprint density at radius 1 is 0.810 bits per heavy atom. The summed E-state index contributed by atoms with van der Waals surface area (Å²) < 4.78 is 36.5. The monoisotopic (exact) mass is 801 g/mol. The van der Waals surface area contributed by atoms with Crippen LogP contribution in [0.1, 0.15) is 61.2 Å². The Morgan fingerprint density at radius 2 is 1.43 bits per heavy atom. The van der Waals surface area contributed by atoms with Gasteiger partial charge in [0.1, 0.15) is 29.1 Å². The maximum Gasteiger partial charge on any atom is 0.330 e. The molecule has 2 heterocycles. The highest BCUT2D eigenvalue weighted by Crippen LogP contribution is 2.63. The number of fused-ring (bicyclic) bond motifs is 3. The molecule has 1 aliphatic heterocycles. The molecule has 1 aliphatic carbocycles. The third-order valence-corrected chi connectivity index (χ3v) is 16.3. The summed E-state index contributed by atoms with van der Waals surface area (Å²) >= 11 is 0. The van der Waals surface area contributed by atoms with Gasteiger partial charge in [-0.3, -0.25) is 9.63 Å². The summed E-state index contributed by atoms with van der Waals surface area (Å²) in [5.74, 6) is 0.0326. The zero-order valence-corrected chi connectivity index (χ0v) is 34.9. The molecule has 4 aromatic carbocycles. The molecule has 10 nitrogen and oxygen atoms in total. The van der Waals surface area contributed by atoms with Gasteiger partial charge < -0.3 is 27.8 Å². The van der Waals surface area contributed by atoms with Crippen LogP contribution in [0.3, 0.4) is 0 Å². The lowest BCUT2D eigenvalue weighted by molar-refractivity contribution is -0.292. The van der Waals surface area contributed by atoms with Crippen LogP contribution in [0.4, 0.5) is 0 Å². The Kier molecular flexibility index (Phi) is 12.2. The average Bonchev–Trinajstić information content (AvgIpc) is 3.77. The Labute approximate surface area is 341 Å². The molecule has 0 unspecified atom stereocenters. The van der Waals surface area contributed by atoms with Crippen molar-refractivity contribution in [1.82, 2.24) is 5.06 Å². The fourth-order valence-electron chi connectivity index (χ4n) is 8.69. The quantitative estimate of drug-likeness (QED) is 0.0635. The van der Waals surface area contributed by atoms with Crippen molar-refractivity contribution >= 4 is 36.2 Å². The Hall–Kier alpha value is -5.30. The minimum Gasteiger partial charge on any atom is -0.497 e. The molecule has 0 saturated carbocycles. The van der Waals surface area contributed by atoms with E-state index in [0.717, 1.165) is 21.5 Å². The summed E-state index contributed by atoms with van der Waals surface area (Å²) in [6.07, 6.45) is 2.60. The predicted molar refractivity (Wildman–Crippen MR) is 222 cm³/mol.